The summed E-state index contributed by atoms with van der Waals surface area (Å²) in [5.41, 5.74) is 6.99. The molecular formula is C15H23BrN2O3. The largest absolute Gasteiger partial charge is 0.462 e. The molecule has 5 nitrogen and oxygen atoms in total. The Hall–Kier alpha value is -1.11. The van der Waals surface area contributed by atoms with Crippen molar-refractivity contribution in [2.24, 2.45) is 5.73 Å². The molecule has 0 heterocycles. The number of hydrogen-bond acceptors (Lipinski definition) is 5. The Morgan fingerprint density at radius 3 is 2.81 bits per heavy atom. The first-order valence-corrected chi connectivity index (χ1v) is 7.83. The molecule has 1 rings (SSSR count). The number of nitrogens with one attached hydrogen (secondary N) is 1. The van der Waals surface area contributed by atoms with Crippen LogP contribution in [0.4, 0.5) is 5.69 Å². The van der Waals surface area contributed by atoms with Gasteiger partial charge in [-0.1, -0.05) is 0 Å². The zero-order chi connectivity index (χ0) is 15.7. The zero-order valence-corrected chi connectivity index (χ0v) is 14.1. The number of methoxy groups -OCH3 is 1. The maximum atomic E-state index is 11.7. The Morgan fingerprint density at radius 1 is 1.48 bits per heavy atom. The van der Waals surface area contributed by atoms with Gasteiger partial charge in [0.15, 0.2) is 0 Å². The van der Waals surface area contributed by atoms with Crippen molar-refractivity contribution in [2.75, 3.05) is 32.2 Å². The van der Waals surface area contributed by atoms with Gasteiger partial charge in [0.05, 0.1) is 18.8 Å². The number of carbonyl (C=O) groups is 1. The normalized spacial score (nSPS) is 12.0. The lowest BCUT2D eigenvalue weighted by Crippen LogP contribution is -2.26. The van der Waals surface area contributed by atoms with Crippen LogP contribution in [-0.2, 0) is 9.47 Å². The van der Waals surface area contributed by atoms with Gasteiger partial charge in [-0.25, -0.2) is 4.79 Å². The number of ether oxygens (including phenoxy) is 2. The van der Waals surface area contributed by atoms with Gasteiger partial charge in [-0.15, -0.1) is 0 Å². The van der Waals surface area contributed by atoms with Gasteiger partial charge in [-0.2, -0.15) is 0 Å². The number of hydrogen-bond donors (Lipinski definition) is 2. The smallest absolute Gasteiger partial charge is 0.338 e. The van der Waals surface area contributed by atoms with E-state index in [1.165, 1.54) is 0 Å². The molecule has 0 aliphatic heterocycles. The Labute approximate surface area is 134 Å². The topological polar surface area (TPSA) is 73.6 Å². The molecule has 3 N–H and O–H groups in total. The second-order valence-corrected chi connectivity index (χ2v) is 5.50. The number of benzene rings is 1. The van der Waals surface area contributed by atoms with Crippen LogP contribution < -0.4 is 11.1 Å². The molecule has 0 saturated heterocycles. The van der Waals surface area contributed by atoms with E-state index in [0.29, 0.717) is 25.3 Å². The van der Waals surface area contributed by atoms with Crippen LogP contribution in [0.5, 0.6) is 0 Å². The van der Waals surface area contributed by atoms with E-state index in [4.69, 9.17) is 15.2 Å². The predicted octanol–water partition coefficient (Wildman–Crippen LogP) is 2.79. The number of esters is 1. The van der Waals surface area contributed by atoms with E-state index in [2.05, 4.69) is 21.2 Å². The first kappa shape index (κ1) is 17.9. The highest BCUT2D eigenvalue weighted by molar-refractivity contribution is 9.10. The lowest BCUT2D eigenvalue weighted by Gasteiger charge is -2.20. The minimum atomic E-state index is -0.318. The van der Waals surface area contributed by atoms with Gasteiger partial charge in [-0.05, 0) is 60.4 Å². The van der Waals surface area contributed by atoms with Crippen LogP contribution in [0.2, 0.25) is 0 Å². The van der Waals surface area contributed by atoms with Gasteiger partial charge in [0.1, 0.15) is 0 Å². The van der Waals surface area contributed by atoms with E-state index in [1.54, 1.807) is 26.2 Å². The lowest BCUT2D eigenvalue weighted by molar-refractivity contribution is 0.0526. The maximum Gasteiger partial charge on any atom is 0.338 e. The third kappa shape index (κ3) is 6.03. The van der Waals surface area contributed by atoms with Gasteiger partial charge in [-0.3, -0.25) is 0 Å². The maximum absolute atomic E-state index is 11.7. The van der Waals surface area contributed by atoms with Crippen LogP contribution in [0.15, 0.2) is 22.7 Å². The van der Waals surface area contributed by atoms with E-state index in [9.17, 15) is 4.79 Å². The van der Waals surface area contributed by atoms with Crippen molar-refractivity contribution >= 4 is 27.6 Å². The third-order valence-corrected chi connectivity index (χ3v) is 3.62. The molecule has 0 amide bonds. The first-order chi connectivity index (χ1) is 10.1. The second kappa shape index (κ2) is 9.76. The standard InChI is InChI=1S/C15H23BrN2O3/c1-3-21-15(19)11-6-7-14(13(16)9-11)18-12(10-20-2)5-4-8-17/h6-7,9,12,18H,3-5,8,10,17H2,1-2H3. The zero-order valence-electron chi connectivity index (χ0n) is 12.5. The number of rotatable bonds is 9. The fourth-order valence-corrected chi connectivity index (χ4v) is 2.45. The highest BCUT2D eigenvalue weighted by atomic mass is 79.9. The van der Waals surface area contributed by atoms with Crippen LogP contribution in [0, 0.1) is 0 Å². The van der Waals surface area contributed by atoms with Gasteiger partial charge in [0.25, 0.3) is 0 Å². The average Bonchev–Trinajstić information content (AvgIpc) is 2.47. The summed E-state index contributed by atoms with van der Waals surface area (Å²) in [4.78, 5) is 11.7. The molecule has 1 atom stereocenters. The Morgan fingerprint density at radius 2 is 2.24 bits per heavy atom. The van der Waals surface area contributed by atoms with E-state index < -0.39 is 0 Å². The molecule has 0 fully saturated rings. The summed E-state index contributed by atoms with van der Waals surface area (Å²) in [5, 5.41) is 3.40. The van der Waals surface area contributed by atoms with Crippen molar-refractivity contribution in [1.82, 2.24) is 0 Å². The van der Waals surface area contributed by atoms with Crippen LogP contribution in [0.1, 0.15) is 30.1 Å². The molecule has 0 spiro atoms. The summed E-state index contributed by atoms with van der Waals surface area (Å²) in [6.07, 6.45) is 1.86. The molecule has 0 aliphatic carbocycles. The molecule has 21 heavy (non-hydrogen) atoms. The second-order valence-electron chi connectivity index (χ2n) is 4.64. The van der Waals surface area contributed by atoms with Gasteiger partial charge >= 0.3 is 5.97 Å². The first-order valence-electron chi connectivity index (χ1n) is 7.04. The van der Waals surface area contributed by atoms with Crippen molar-refractivity contribution in [3.05, 3.63) is 28.2 Å². The molecule has 1 aromatic carbocycles. The quantitative estimate of drug-likeness (QED) is 0.664. The van der Waals surface area contributed by atoms with Gasteiger partial charge in [0.2, 0.25) is 0 Å². The van der Waals surface area contributed by atoms with Gasteiger partial charge in [0, 0.05) is 23.3 Å². The third-order valence-electron chi connectivity index (χ3n) is 2.96. The molecular weight excluding hydrogens is 336 g/mol. The van der Waals surface area contributed by atoms with Crippen LogP contribution >= 0.6 is 15.9 Å². The predicted molar refractivity (Wildman–Crippen MR) is 87.7 cm³/mol. The molecule has 1 aromatic rings. The molecule has 0 aromatic heterocycles. The van der Waals surface area contributed by atoms with Crippen molar-refractivity contribution in [1.29, 1.82) is 0 Å². The fraction of sp³-hybridized carbons (Fsp3) is 0.533. The van der Waals surface area contributed by atoms with E-state index in [0.717, 1.165) is 23.0 Å². The van der Waals surface area contributed by atoms with Crippen molar-refractivity contribution < 1.29 is 14.3 Å². The summed E-state index contributed by atoms with van der Waals surface area (Å²) >= 11 is 3.48. The Kier molecular flexibility index (Phi) is 8.34. The molecule has 0 radical (unpaired) electrons. The summed E-state index contributed by atoms with van der Waals surface area (Å²) in [7, 11) is 1.68. The summed E-state index contributed by atoms with van der Waals surface area (Å²) < 4.78 is 11.0. The molecule has 118 valence electrons. The molecule has 1 unspecified atom stereocenters. The number of halogens is 1. The minimum absolute atomic E-state index is 0.184. The number of carbonyl (C=O) groups excluding carboxylic acids is 1. The fourth-order valence-electron chi connectivity index (χ4n) is 1.96. The van der Waals surface area contributed by atoms with Crippen LogP contribution in [0.3, 0.4) is 0 Å². The molecule has 0 saturated carbocycles. The molecule has 0 bridgehead atoms. The van der Waals surface area contributed by atoms with Crippen LogP contribution in [-0.4, -0.2) is 38.9 Å². The molecule has 0 aliphatic rings. The average molecular weight is 359 g/mol. The van der Waals surface area contributed by atoms with Crippen molar-refractivity contribution in [2.45, 2.75) is 25.8 Å². The monoisotopic (exact) mass is 358 g/mol. The highest BCUT2D eigenvalue weighted by Gasteiger charge is 2.12. The Bertz CT molecular complexity index is 455. The summed E-state index contributed by atoms with van der Waals surface area (Å²) in [6.45, 7) is 3.41. The molecule has 6 heteroatoms. The minimum Gasteiger partial charge on any atom is -0.462 e. The van der Waals surface area contributed by atoms with Crippen molar-refractivity contribution in [3.63, 3.8) is 0 Å². The summed E-state index contributed by atoms with van der Waals surface area (Å²) in [6, 6.07) is 5.55. The van der Waals surface area contributed by atoms with E-state index in [-0.39, 0.29) is 12.0 Å². The highest BCUT2D eigenvalue weighted by Crippen LogP contribution is 2.25. The SMILES string of the molecule is CCOC(=O)c1ccc(NC(CCCN)COC)c(Br)c1. The van der Waals surface area contributed by atoms with E-state index >= 15 is 0 Å². The lowest BCUT2D eigenvalue weighted by atomic mass is 10.1. The summed E-state index contributed by atoms with van der Waals surface area (Å²) in [5.74, 6) is -0.318. The van der Waals surface area contributed by atoms with Crippen molar-refractivity contribution in [3.8, 4) is 0 Å². The number of nitrogens with two attached hydrogens (primary N) is 1. The van der Waals surface area contributed by atoms with Gasteiger partial charge < -0.3 is 20.5 Å². The Balaban J connectivity index is 2.76. The number of anilines is 1. The van der Waals surface area contributed by atoms with Crippen LogP contribution in [0.25, 0.3) is 0 Å². The van der Waals surface area contributed by atoms with E-state index in [1.807, 2.05) is 6.07 Å².